The van der Waals surface area contributed by atoms with Crippen molar-refractivity contribution in [1.82, 2.24) is 4.90 Å². The summed E-state index contributed by atoms with van der Waals surface area (Å²) in [7, 11) is -2.20. The van der Waals surface area contributed by atoms with Gasteiger partial charge in [0, 0.05) is 31.4 Å². The molecule has 2 heterocycles. The van der Waals surface area contributed by atoms with Crippen molar-refractivity contribution in [3.8, 4) is 0 Å². The molecule has 0 spiro atoms. The molecule has 1 fully saturated rings. The third-order valence-electron chi connectivity index (χ3n) is 5.82. The highest BCUT2D eigenvalue weighted by atomic mass is 32.2. The maximum atomic E-state index is 13.0. The van der Waals surface area contributed by atoms with Crippen LogP contribution in [-0.2, 0) is 24.3 Å². The van der Waals surface area contributed by atoms with Gasteiger partial charge in [0.05, 0.1) is 23.6 Å². The second-order valence-electron chi connectivity index (χ2n) is 7.49. The average Bonchev–Trinajstić information content (AvgIpc) is 2.96. The van der Waals surface area contributed by atoms with Crippen molar-refractivity contribution < 1.29 is 22.7 Å². The van der Waals surface area contributed by atoms with E-state index in [1.54, 1.807) is 17.0 Å². The van der Waals surface area contributed by atoms with Gasteiger partial charge in [-0.2, -0.15) is 0 Å². The lowest BCUT2D eigenvalue weighted by atomic mass is 9.97. The minimum absolute atomic E-state index is 0.000587. The molecule has 4 rings (SSSR count). The fraction of sp³-hybridized carbons (Fsp3) is 0.429. The maximum Gasteiger partial charge on any atom is 0.308 e. The Labute approximate surface area is 170 Å². The zero-order valence-electron chi connectivity index (χ0n) is 16.3. The summed E-state index contributed by atoms with van der Waals surface area (Å²) >= 11 is 0. The molecule has 1 saturated heterocycles. The van der Waals surface area contributed by atoms with Crippen LogP contribution in [0.1, 0.15) is 25.7 Å². The van der Waals surface area contributed by atoms with E-state index < -0.39 is 10.0 Å². The molecule has 7 nitrogen and oxygen atoms in total. The van der Waals surface area contributed by atoms with Crippen LogP contribution in [0.2, 0.25) is 0 Å². The third-order valence-corrected chi connectivity index (χ3v) is 7.67. The summed E-state index contributed by atoms with van der Waals surface area (Å²) in [6.07, 6.45) is 1.94. The van der Waals surface area contributed by atoms with E-state index in [4.69, 9.17) is 4.74 Å². The number of sulfonamides is 1. The van der Waals surface area contributed by atoms with Gasteiger partial charge in [0.25, 0.3) is 10.0 Å². The highest BCUT2D eigenvalue weighted by molar-refractivity contribution is 7.93. The van der Waals surface area contributed by atoms with Gasteiger partial charge in [-0.05, 0) is 36.8 Å². The van der Waals surface area contributed by atoms with Gasteiger partial charge >= 0.3 is 5.97 Å². The summed E-state index contributed by atoms with van der Waals surface area (Å²) in [5.74, 6) is -0.358. The van der Waals surface area contributed by atoms with Crippen LogP contribution in [-0.4, -0.2) is 51.9 Å². The topological polar surface area (TPSA) is 84.0 Å². The zero-order chi connectivity index (χ0) is 20.6. The Bertz CT molecular complexity index is 1050. The van der Waals surface area contributed by atoms with Gasteiger partial charge in [-0.3, -0.25) is 13.9 Å². The van der Waals surface area contributed by atoms with Gasteiger partial charge in [0.1, 0.15) is 0 Å². The van der Waals surface area contributed by atoms with E-state index in [-0.39, 0.29) is 30.8 Å². The number of ether oxygens (including phenoxy) is 1. The summed E-state index contributed by atoms with van der Waals surface area (Å²) in [5.41, 5.74) is 0.685. The Balaban J connectivity index is 1.38. The van der Waals surface area contributed by atoms with Crippen LogP contribution in [0.25, 0.3) is 10.8 Å². The molecule has 2 aromatic carbocycles. The number of carbonyl (C=O) groups excluding carboxylic acids is 2. The molecule has 0 N–H and O–H groups in total. The number of piperidine rings is 1. The number of rotatable bonds is 5. The molecule has 2 aliphatic heterocycles. The molecule has 0 bridgehead atoms. The van der Waals surface area contributed by atoms with Gasteiger partial charge < -0.3 is 9.64 Å². The van der Waals surface area contributed by atoms with Gasteiger partial charge in [-0.1, -0.05) is 24.3 Å². The Morgan fingerprint density at radius 2 is 1.79 bits per heavy atom. The van der Waals surface area contributed by atoms with Crippen LogP contribution in [0, 0.1) is 5.92 Å². The third kappa shape index (κ3) is 3.46. The molecule has 29 heavy (non-hydrogen) atoms. The first-order valence-corrected chi connectivity index (χ1v) is 11.3. The number of amides is 1. The second-order valence-corrected chi connectivity index (χ2v) is 9.32. The summed E-state index contributed by atoms with van der Waals surface area (Å²) in [6, 6.07) is 10.9. The molecule has 0 aromatic heterocycles. The van der Waals surface area contributed by atoms with Crippen molar-refractivity contribution in [3.05, 3.63) is 36.4 Å². The van der Waals surface area contributed by atoms with Crippen LogP contribution in [0.4, 0.5) is 5.69 Å². The first-order valence-electron chi connectivity index (χ1n) is 9.83. The van der Waals surface area contributed by atoms with Gasteiger partial charge in [0.15, 0.2) is 0 Å². The van der Waals surface area contributed by atoms with Crippen LogP contribution < -0.4 is 4.31 Å². The van der Waals surface area contributed by atoms with Crippen LogP contribution >= 0.6 is 0 Å². The standard InChI is InChI=1S/C21H24N2O5S/c1-28-21(25)16-10-13-22(14-11-16)19(24)9-4-12-23-17-7-2-5-15-6-3-8-18(20(15)17)29(23,26)27/h2-3,5-8,16H,4,9-14H2,1H3. The summed E-state index contributed by atoms with van der Waals surface area (Å²) < 4.78 is 32.1. The largest absolute Gasteiger partial charge is 0.469 e. The number of anilines is 1. The van der Waals surface area contributed by atoms with Crippen LogP contribution in [0.15, 0.2) is 41.3 Å². The molecule has 8 heteroatoms. The Hall–Kier alpha value is -2.61. The predicted octanol–water partition coefficient (Wildman–Crippen LogP) is 2.54. The zero-order valence-corrected chi connectivity index (χ0v) is 17.2. The Kier molecular flexibility index (Phi) is 5.21. The van der Waals surface area contributed by atoms with Crippen molar-refractivity contribution in [2.45, 2.75) is 30.6 Å². The van der Waals surface area contributed by atoms with E-state index in [2.05, 4.69) is 0 Å². The van der Waals surface area contributed by atoms with Crippen molar-refractivity contribution in [3.63, 3.8) is 0 Å². The number of hydrogen-bond acceptors (Lipinski definition) is 5. The van der Waals surface area contributed by atoms with Gasteiger partial charge in [0.2, 0.25) is 5.91 Å². The summed E-state index contributed by atoms with van der Waals surface area (Å²) in [5, 5.41) is 1.65. The van der Waals surface area contributed by atoms with Crippen LogP contribution in [0.3, 0.4) is 0 Å². The average molecular weight is 416 g/mol. The number of benzene rings is 2. The Morgan fingerprint density at radius 3 is 2.48 bits per heavy atom. The lowest BCUT2D eigenvalue weighted by Crippen LogP contribution is -2.40. The van der Waals surface area contributed by atoms with Crippen LogP contribution in [0.5, 0.6) is 0 Å². The molecule has 0 unspecified atom stereocenters. The van der Waals surface area contributed by atoms with E-state index in [1.807, 2.05) is 24.3 Å². The number of methoxy groups -OCH3 is 1. The van der Waals surface area contributed by atoms with E-state index in [9.17, 15) is 18.0 Å². The molecule has 1 amide bonds. The fourth-order valence-electron chi connectivity index (χ4n) is 4.26. The normalized spacial score (nSPS) is 18.2. The minimum Gasteiger partial charge on any atom is -0.469 e. The molecule has 0 atom stereocenters. The molecule has 2 aliphatic rings. The molecule has 2 aromatic rings. The SMILES string of the molecule is COC(=O)C1CCN(C(=O)CCCN2c3cccc4cccc(c34)S2(=O)=O)CC1. The second kappa shape index (κ2) is 7.67. The van der Waals surface area contributed by atoms with E-state index >= 15 is 0 Å². The molecular formula is C21H24N2O5S. The first kappa shape index (κ1) is 19.7. The number of carbonyl (C=O) groups is 2. The predicted molar refractivity (Wildman–Crippen MR) is 109 cm³/mol. The number of likely N-dealkylation sites (tertiary alicyclic amines) is 1. The minimum atomic E-state index is -3.58. The number of hydrogen-bond donors (Lipinski definition) is 0. The Morgan fingerprint density at radius 1 is 1.10 bits per heavy atom. The summed E-state index contributed by atoms with van der Waals surface area (Å²) in [4.78, 5) is 26.2. The molecule has 0 saturated carbocycles. The highest BCUT2D eigenvalue weighted by Gasteiger charge is 2.35. The monoisotopic (exact) mass is 416 g/mol. The molecule has 154 valence electrons. The van der Waals surface area contributed by atoms with E-state index in [1.165, 1.54) is 11.4 Å². The molecular weight excluding hydrogens is 392 g/mol. The quantitative estimate of drug-likeness (QED) is 0.700. The summed E-state index contributed by atoms with van der Waals surface area (Å²) in [6.45, 7) is 1.33. The van der Waals surface area contributed by atoms with E-state index in [0.717, 1.165) is 10.8 Å². The van der Waals surface area contributed by atoms with Crippen molar-refractivity contribution in [2.24, 2.45) is 5.92 Å². The molecule has 0 radical (unpaired) electrons. The van der Waals surface area contributed by atoms with Crippen molar-refractivity contribution in [2.75, 3.05) is 31.0 Å². The lowest BCUT2D eigenvalue weighted by molar-refractivity contribution is -0.148. The maximum absolute atomic E-state index is 13.0. The lowest BCUT2D eigenvalue weighted by Gasteiger charge is -2.31. The van der Waals surface area contributed by atoms with Gasteiger partial charge in [-0.25, -0.2) is 8.42 Å². The molecule has 0 aliphatic carbocycles. The van der Waals surface area contributed by atoms with Crippen molar-refractivity contribution in [1.29, 1.82) is 0 Å². The van der Waals surface area contributed by atoms with E-state index in [0.29, 0.717) is 42.9 Å². The van der Waals surface area contributed by atoms with Crippen molar-refractivity contribution >= 4 is 38.4 Å². The first-order chi connectivity index (χ1) is 13.9. The number of nitrogens with zero attached hydrogens (tertiary/aromatic N) is 2. The highest BCUT2D eigenvalue weighted by Crippen LogP contribution is 2.42. The smallest absolute Gasteiger partial charge is 0.308 e. The van der Waals surface area contributed by atoms with Gasteiger partial charge in [-0.15, -0.1) is 0 Å². The fourth-order valence-corrected chi connectivity index (χ4v) is 6.01. The number of esters is 1.